The Morgan fingerprint density at radius 1 is 1.50 bits per heavy atom. The molecule has 0 saturated carbocycles. The molecule has 1 N–H and O–H groups in total. The summed E-state index contributed by atoms with van der Waals surface area (Å²) in [6.45, 7) is 7.89. The Hall–Kier alpha value is -0.120. The zero-order valence-corrected chi connectivity index (χ0v) is 9.74. The molecule has 84 valence electrons. The molecule has 1 saturated heterocycles. The van der Waals surface area contributed by atoms with Gasteiger partial charge >= 0.3 is 0 Å². The molecule has 0 amide bonds. The van der Waals surface area contributed by atoms with E-state index in [1.165, 1.54) is 12.8 Å². The van der Waals surface area contributed by atoms with Crippen molar-refractivity contribution in [1.82, 2.24) is 9.80 Å². The van der Waals surface area contributed by atoms with Crippen LogP contribution in [-0.2, 0) is 0 Å². The molecule has 0 aromatic carbocycles. The van der Waals surface area contributed by atoms with Gasteiger partial charge in [0.05, 0.1) is 6.61 Å². The second-order valence-corrected chi connectivity index (χ2v) is 4.59. The van der Waals surface area contributed by atoms with E-state index in [2.05, 4.69) is 30.7 Å². The van der Waals surface area contributed by atoms with Crippen LogP contribution in [0.15, 0.2) is 0 Å². The van der Waals surface area contributed by atoms with E-state index in [9.17, 15) is 0 Å². The predicted octanol–water partition coefficient (Wildman–Crippen LogP) is 0.783. The molecule has 0 bridgehead atoms. The topological polar surface area (TPSA) is 26.7 Å². The zero-order valence-electron chi connectivity index (χ0n) is 9.74. The average Bonchev–Trinajstić information content (AvgIpc) is 2.53. The minimum atomic E-state index is 0.294. The SMILES string of the molecule is CC(C)N(C)C[C@@H]1CCCN1CCO. The number of aliphatic hydroxyl groups is 1. The van der Waals surface area contributed by atoms with Crippen molar-refractivity contribution in [2.45, 2.75) is 38.8 Å². The molecule has 1 fully saturated rings. The van der Waals surface area contributed by atoms with E-state index in [4.69, 9.17) is 5.11 Å². The van der Waals surface area contributed by atoms with Crippen LogP contribution in [0.3, 0.4) is 0 Å². The zero-order chi connectivity index (χ0) is 10.6. The van der Waals surface area contributed by atoms with Crippen molar-refractivity contribution < 1.29 is 5.11 Å². The van der Waals surface area contributed by atoms with Gasteiger partial charge in [-0.1, -0.05) is 0 Å². The van der Waals surface area contributed by atoms with Gasteiger partial charge in [0.1, 0.15) is 0 Å². The lowest BCUT2D eigenvalue weighted by Gasteiger charge is -2.30. The first-order valence-electron chi connectivity index (χ1n) is 5.70. The molecule has 1 aliphatic rings. The molecular weight excluding hydrogens is 176 g/mol. The van der Waals surface area contributed by atoms with Crippen LogP contribution in [0, 0.1) is 0 Å². The molecule has 0 spiro atoms. The molecule has 1 heterocycles. The molecule has 14 heavy (non-hydrogen) atoms. The number of likely N-dealkylation sites (N-methyl/N-ethyl adjacent to an activating group) is 1. The van der Waals surface area contributed by atoms with Gasteiger partial charge in [0.25, 0.3) is 0 Å². The molecule has 0 aromatic rings. The van der Waals surface area contributed by atoms with Crippen molar-refractivity contribution in [3.63, 3.8) is 0 Å². The van der Waals surface area contributed by atoms with Crippen molar-refractivity contribution in [3.05, 3.63) is 0 Å². The molecular formula is C11H24N2O. The summed E-state index contributed by atoms with van der Waals surface area (Å²) in [5, 5.41) is 8.93. The Morgan fingerprint density at radius 3 is 2.79 bits per heavy atom. The van der Waals surface area contributed by atoms with Gasteiger partial charge in [0.15, 0.2) is 0 Å². The van der Waals surface area contributed by atoms with Gasteiger partial charge in [-0.05, 0) is 40.3 Å². The van der Waals surface area contributed by atoms with E-state index >= 15 is 0 Å². The molecule has 0 aromatic heterocycles. The summed E-state index contributed by atoms with van der Waals surface area (Å²) in [5.41, 5.74) is 0. The largest absolute Gasteiger partial charge is 0.395 e. The van der Waals surface area contributed by atoms with Crippen LogP contribution in [0.4, 0.5) is 0 Å². The van der Waals surface area contributed by atoms with Crippen LogP contribution >= 0.6 is 0 Å². The monoisotopic (exact) mass is 200 g/mol. The number of hydrogen-bond acceptors (Lipinski definition) is 3. The van der Waals surface area contributed by atoms with Crippen LogP contribution < -0.4 is 0 Å². The summed E-state index contributed by atoms with van der Waals surface area (Å²) in [4.78, 5) is 4.80. The Kier molecular flexibility index (Phi) is 4.85. The third-order valence-corrected chi connectivity index (χ3v) is 3.27. The van der Waals surface area contributed by atoms with Crippen molar-refractivity contribution in [1.29, 1.82) is 0 Å². The standard InChI is InChI=1S/C11H24N2O/c1-10(2)12(3)9-11-5-4-6-13(11)7-8-14/h10-11,14H,4-9H2,1-3H3/t11-/m0/s1. The average molecular weight is 200 g/mol. The molecule has 1 rings (SSSR count). The summed E-state index contributed by atoms with van der Waals surface area (Å²) >= 11 is 0. The van der Waals surface area contributed by atoms with Gasteiger partial charge in [-0.25, -0.2) is 0 Å². The van der Waals surface area contributed by atoms with E-state index in [1.807, 2.05) is 0 Å². The van der Waals surface area contributed by atoms with E-state index in [1.54, 1.807) is 0 Å². The number of β-amino-alcohol motifs (C(OH)–C–C–N with tert-alkyl or cyclic N) is 1. The number of rotatable bonds is 5. The second-order valence-electron chi connectivity index (χ2n) is 4.59. The fourth-order valence-electron chi connectivity index (χ4n) is 2.07. The number of hydrogen-bond donors (Lipinski definition) is 1. The van der Waals surface area contributed by atoms with Crippen LogP contribution in [0.2, 0.25) is 0 Å². The van der Waals surface area contributed by atoms with Gasteiger partial charge in [0, 0.05) is 25.2 Å². The molecule has 1 atom stereocenters. The molecule has 0 unspecified atom stereocenters. The smallest absolute Gasteiger partial charge is 0.0558 e. The first-order chi connectivity index (χ1) is 6.65. The number of nitrogens with zero attached hydrogens (tertiary/aromatic N) is 2. The minimum absolute atomic E-state index is 0.294. The lowest BCUT2D eigenvalue weighted by Crippen LogP contribution is -2.42. The Labute approximate surface area is 87.7 Å². The molecule has 3 heteroatoms. The van der Waals surface area contributed by atoms with E-state index in [-0.39, 0.29) is 0 Å². The predicted molar refractivity (Wildman–Crippen MR) is 59.4 cm³/mol. The maximum Gasteiger partial charge on any atom is 0.0558 e. The van der Waals surface area contributed by atoms with Gasteiger partial charge in [-0.2, -0.15) is 0 Å². The Balaban J connectivity index is 2.35. The van der Waals surface area contributed by atoms with Crippen molar-refractivity contribution in [3.8, 4) is 0 Å². The first-order valence-corrected chi connectivity index (χ1v) is 5.70. The van der Waals surface area contributed by atoms with Gasteiger partial charge in [-0.15, -0.1) is 0 Å². The second kappa shape index (κ2) is 5.69. The first kappa shape index (κ1) is 12.0. The number of aliphatic hydroxyl groups excluding tert-OH is 1. The summed E-state index contributed by atoms with van der Waals surface area (Å²) in [6.07, 6.45) is 2.58. The van der Waals surface area contributed by atoms with E-state index < -0.39 is 0 Å². The molecule has 1 aliphatic heterocycles. The quantitative estimate of drug-likeness (QED) is 0.710. The normalized spacial score (nSPS) is 24.0. The van der Waals surface area contributed by atoms with Crippen LogP contribution in [0.25, 0.3) is 0 Å². The summed E-state index contributed by atoms with van der Waals surface area (Å²) in [7, 11) is 2.18. The summed E-state index contributed by atoms with van der Waals surface area (Å²) in [6, 6.07) is 1.28. The van der Waals surface area contributed by atoms with Crippen LogP contribution in [0.1, 0.15) is 26.7 Å². The van der Waals surface area contributed by atoms with Crippen molar-refractivity contribution in [2.24, 2.45) is 0 Å². The third kappa shape index (κ3) is 3.23. The van der Waals surface area contributed by atoms with E-state index in [0.717, 1.165) is 19.6 Å². The Bertz CT molecular complexity index is 161. The van der Waals surface area contributed by atoms with E-state index in [0.29, 0.717) is 18.7 Å². The maximum absolute atomic E-state index is 8.93. The molecule has 0 aliphatic carbocycles. The van der Waals surface area contributed by atoms with Crippen LogP contribution in [-0.4, -0.2) is 60.3 Å². The lowest BCUT2D eigenvalue weighted by molar-refractivity contribution is 0.144. The summed E-state index contributed by atoms with van der Waals surface area (Å²) < 4.78 is 0. The fourth-order valence-corrected chi connectivity index (χ4v) is 2.07. The molecule has 3 nitrogen and oxygen atoms in total. The molecule has 0 radical (unpaired) electrons. The van der Waals surface area contributed by atoms with Gasteiger partial charge in [0.2, 0.25) is 0 Å². The van der Waals surface area contributed by atoms with Crippen LogP contribution in [0.5, 0.6) is 0 Å². The summed E-state index contributed by atoms with van der Waals surface area (Å²) in [5.74, 6) is 0. The van der Waals surface area contributed by atoms with Gasteiger partial charge < -0.3 is 10.0 Å². The lowest BCUT2D eigenvalue weighted by atomic mass is 10.2. The Morgan fingerprint density at radius 2 is 2.21 bits per heavy atom. The highest BCUT2D eigenvalue weighted by Gasteiger charge is 2.25. The minimum Gasteiger partial charge on any atom is -0.395 e. The van der Waals surface area contributed by atoms with Crippen molar-refractivity contribution in [2.75, 3.05) is 33.3 Å². The van der Waals surface area contributed by atoms with Gasteiger partial charge in [-0.3, -0.25) is 4.90 Å². The maximum atomic E-state index is 8.93. The number of likely N-dealkylation sites (tertiary alicyclic amines) is 1. The fraction of sp³-hybridized carbons (Fsp3) is 1.00. The highest BCUT2D eigenvalue weighted by atomic mass is 16.3. The third-order valence-electron chi connectivity index (χ3n) is 3.27. The highest BCUT2D eigenvalue weighted by molar-refractivity contribution is 4.81. The highest BCUT2D eigenvalue weighted by Crippen LogP contribution is 2.17. The van der Waals surface area contributed by atoms with Crippen molar-refractivity contribution >= 4 is 0 Å².